The Hall–Kier alpha value is -2.09. The first-order valence-corrected chi connectivity index (χ1v) is 7.03. The van der Waals surface area contributed by atoms with Gasteiger partial charge in [0.1, 0.15) is 6.04 Å². The van der Waals surface area contributed by atoms with E-state index in [2.05, 4.69) is 5.32 Å². The van der Waals surface area contributed by atoms with Crippen LogP contribution in [0, 0.1) is 0 Å². The molecule has 0 aromatic carbocycles. The van der Waals surface area contributed by atoms with Crippen molar-refractivity contribution in [1.29, 1.82) is 0 Å². The average molecular weight is 314 g/mol. The highest BCUT2D eigenvalue weighted by molar-refractivity contribution is 6.02. The van der Waals surface area contributed by atoms with Crippen LogP contribution in [0.15, 0.2) is 11.5 Å². The van der Waals surface area contributed by atoms with Gasteiger partial charge in [-0.1, -0.05) is 0 Å². The summed E-state index contributed by atoms with van der Waals surface area (Å²) in [5, 5.41) is 31.0. The number of unbranched alkanes of at least 4 members (excludes halogenated alkanes) is 1. The van der Waals surface area contributed by atoms with E-state index in [9.17, 15) is 24.6 Å². The van der Waals surface area contributed by atoms with Crippen LogP contribution in [0.25, 0.3) is 0 Å². The van der Waals surface area contributed by atoms with Gasteiger partial charge in [0, 0.05) is 13.5 Å². The predicted molar refractivity (Wildman–Crippen MR) is 76.8 cm³/mol. The Balaban J connectivity index is 2.52. The third-order valence-corrected chi connectivity index (χ3v) is 3.72. The van der Waals surface area contributed by atoms with Gasteiger partial charge in [0.25, 0.3) is 5.78 Å². The number of ketones is 1. The summed E-state index contributed by atoms with van der Waals surface area (Å²) >= 11 is 0. The summed E-state index contributed by atoms with van der Waals surface area (Å²) in [6, 6.07) is -0.955. The number of carbonyl (C=O) groups is 3. The smallest absolute Gasteiger partial charge is 0.326 e. The molecule has 2 unspecified atom stereocenters. The molecule has 0 aromatic heterocycles. The molecule has 8 heteroatoms. The highest BCUT2D eigenvalue weighted by Gasteiger charge is 2.46. The predicted octanol–water partition coefficient (Wildman–Crippen LogP) is 0.129. The van der Waals surface area contributed by atoms with Crippen molar-refractivity contribution in [2.24, 2.45) is 0 Å². The number of amides is 1. The molecule has 2 atom stereocenters. The molecule has 0 aliphatic carbocycles. The van der Waals surface area contributed by atoms with E-state index in [4.69, 9.17) is 5.11 Å². The zero-order valence-corrected chi connectivity index (χ0v) is 12.9. The summed E-state index contributed by atoms with van der Waals surface area (Å²) in [5.74, 6) is -2.71. The molecule has 0 aromatic rings. The fourth-order valence-corrected chi connectivity index (χ4v) is 2.47. The van der Waals surface area contributed by atoms with Crippen molar-refractivity contribution in [2.45, 2.75) is 51.8 Å². The van der Waals surface area contributed by atoms with Crippen LogP contribution >= 0.6 is 0 Å². The van der Waals surface area contributed by atoms with E-state index < -0.39 is 35.2 Å². The monoisotopic (exact) mass is 314 g/mol. The number of aliphatic hydroxyl groups excluding tert-OH is 1. The number of carboxylic acids is 1. The summed E-state index contributed by atoms with van der Waals surface area (Å²) < 4.78 is 0. The van der Waals surface area contributed by atoms with Gasteiger partial charge < -0.3 is 25.5 Å². The quantitative estimate of drug-likeness (QED) is 0.492. The van der Waals surface area contributed by atoms with Crippen molar-refractivity contribution in [2.75, 3.05) is 6.54 Å². The van der Waals surface area contributed by atoms with E-state index in [0.29, 0.717) is 25.1 Å². The van der Waals surface area contributed by atoms with Crippen molar-refractivity contribution in [3.63, 3.8) is 0 Å². The largest absolute Gasteiger partial charge is 0.503 e. The number of carboxylic acid groups (broad SMARTS) is 1. The van der Waals surface area contributed by atoms with Crippen molar-refractivity contribution >= 4 is 17.7 Å². The van der Waals surface area contributed by atoms with Gasteiger partial charge in [0.15, 0.2) is 5.76 Å². The van der Waals surface area contributed by atoms with E-state index in [0.717, 1.165) is 0 Å². The topological polar surface area (TPSA) is 127 Å². The van der Waals surface area contributed by atoms with Crippen molar-refractivity contribution in [3.05, 3.63) is 11.5 Å². The van der Waals surface area contributed by atoms with Gasteiger partial charge in [0.05, 0.1) is 5.70 Å². The molecule has 0 bridgehead atoms. The molecule has 1 amide bonds. The van der Waals surface area contributed by atoms with Crippen LogP contribution in [0.1, 0.15) is 40.0 Å². The summed E-state index contributed by atoms with van der Waals surface area (Å²) in [6.07, 6.45) is 1.22. The lowest BCUT2D eigenvalue weighted by atomic mass is 10.1. The van der Waals surface area contributed by atoms with Gasteiger partial charge in [-0.3, -0.25) is 9.59 Å². The Morgan fingerprint density at radius 3 is 2.36 bits per heavy atom. The van der Waals surface area contributed by atoms with Crippen LogP contribution in [0.3, 0.4) is 0 Å². The molecule has 0 fully saturated rings. The lowest BCUT2D eigenvalue weighted by molar-refractivity contribution is -0.145. The molecular weight excluding hydrogens is 292 g/mol. The van der Waals surface area contributed by atoms with E-state index >= 15 is 0 Å². The zero-order chi connectivity index (χ0) is 17.1. The highest BCUT2D eigenvalue weighted by atomic mass is 16.4. The Kier molecular flexibility index (Phi) is 5.54. The number of carbonyl (C=O) groups excluding carboxylic acids is 2. The Bertz CT molecular complexity index is 511. The number of nitrogens with zero attached hydrogens (tertiary/aromatic N) is 1. The van der Waals surface area contributed by atoms with Crippen molar-refractivity contribution in [1.82, 2.24) is 10.2 Å². The van der Waals surface area contributed by atoms with Crippen molar-refractivity contribution in [3.8, 4) is 0 Å². The second-order valence-electron chi connectivity index (χ2n) is 5.52. The molecule has 1 heterocycles. The molecule has 1 aliphatic heterocycles. The van der Waals surface area contributed by atoms with Gasteiger partial charge >= 0.3 is 5.97 Å². The molecule has 0 saturated carbocycles. The first-order chi connectivity index (χ1) is 10.1. The molecule has 1 rings (SSSR count). The fourth-order valence-electron chi connectivity index (χ4n) is 2.47. The van der Waals surface area contributed by atoms with Crippen LogP contribution < -0.4 is 5.32 Å². The summed E-state index contributed by atoms with van der Waals surface area (Å²) in [6.45, 7) is 4.38. The van der Waals surface area contributed by atoms with Crippen LogP contribution in [0.4, 0.5) is 0 Å². The van der Waals surface area contributed by atoms with Gasteiger partial charge in [0.2, 0.25) is 11.6 Å². The van der Waals surface area contributed by atoms with E-state index in [-0.39, 0.29) is 6.42 Å². The molecular formula is C14H22N2O6. The minimum Gasteiger partial charge on any atom is -0.503 e. The SMILES string of the molecule is CC(=O)NC(CCCCN1C(C)=C(O)C(=O)C1(C)O)C(=O)O. The highest BCUT2D eigenvalue weighted by Crippen LogP contribution is 2.30. The van der Waals surface area contributed by atoms with Crippen LogP contribution in [-0.4, -0.2) is 56.2 Å². The second-order valence-corrected chi connectivity index (χ2v) is 5.52. The van der Waals surface area contributed by atoms with Gasteiger partial charge in [-0.2, -0.15) is 0 Å². The molecule has 0 spiro atoms. The standard InChI is InChI=1S/C14H22N2O6/c1-8-11(18)12(19)14(3,22)16(8)7-5-4-6-10(13(20)21)15-9(2)17/h10,18,22H,4-7H2,1-3H3,(H,15,17)(H,20,21). The molecule has 8 nitrogen and oxygen atoms in total. The van der Waals surface area contributed by atoms with E-state index in [1.807, 2.05) is 0 Å². The molecule has 124 valence electrons. The first-order valence-electron chi connectivity index (χ1n) is 7.03. The number of allylic oxidation sites excluding steroid dienone is 1. The van der Waals surface area contributed by atoms with Gasteiger partial charge in [-0.15, -0.1) is 0 Å². The molecule has 22 heavy (non-hydrogen) atoms. The lowest BCUT2D eigenvalue weighted by Crippen LogP contribution is -2.47. The molecule has 0 saturated heterocycles. The van der Waals surface area contributed by atoms with E-state index in [1.165, 1.54) is 25.7 Å². The Morgan fingerprint density at radius 1 is 1.36 bits per heavy atom. The van der Waals surface area contributed by atoms with Gasteiger partial charge in [-0.25, -0.2) is 4.79 Å². The average Bonchev–Trinajstić information content (AvgIpc) is 2.55. The number of hydrogen-bond donors (Lipinski definition) is 4. The van der Waals surface area contributed by atoms with Crippen LogP contribution in [0.2, 0.25) is 0 Å². The van der Waals surface area contributed by atoms with Crippen molar-refractivity contribution < 1.29 is 29.7 Å². The van der Waals surface area contributed by atoms with Gasteiger partial charge in [-0.05, 0) is 33.1 Å². The number of hydrogen-bond acceptors (Lipinski definition) is 6. The number of nitrogens with one attached hydrogen (secondary N) is 1. The number of aliphatic hydroxyl groups is 2. The number of Topliss-reactive ketones (excluding diaryl/α,β-unsaturated/α-hetero) is 1. The maximum Gasteiger partial charge on any atom is 0.326 e. The minimum absolute atomic E-state index is 0.244. The normalized spacial score (nSPS) is 22.9. The Labute approximate surface area is 128 Å². The third kappa shape index (κ3) is 3.76. The number of aliphatic carboxylic acids is 1. The Morgan fingerprint density at radius 2 is 1.95 bits per heavy atom. The molecule has 0 radical (unpaired) electrons. The summed E-state index contributed by atoms with van der Waals surface area (Å²) in [4.78, 5) is 35.0. The zero-order valence-electron chi connectivity index (χ0n) is 12.9. The minimum atomic E-state index is -1.78. The third-order valence-electron chi connectivity index (χ3n) is 3.72. The molecule has 1 aliphatic rings. The second kappa shape index (κ2) is 6.78. The maximum absolute atomic E-state index is 11.7. The summed E-state index contributed by atoms with van der Waals surface area (Å²) in [7, 11) is 0. The van der Waals surface area contributed by atoms with Crippen LogP contribution in [-0.2, 0) is 14.4 Å². The number of rotatable bonds is 7. The first kappa shape index (κ1) is 18.0. The summed E-state index contributed by atoms with van der Waals surface area (Å²) in [5.41, 5.74) is -1.48. The van der Waals surface area contributed by atoms with Crippen LogP contribution in [0.5, 0.6) is 0 Å². The fraction of sp³-hybridized carbons (Fsp3) is 0.643. The van der Waals surface area contributed by atoms with E-state index in [1.54, 1.807) is 0 Å². The lowest BCUT2D eigenvalue weighted by Gasteiger charge is -2.31. The maximum atomic E-state index is 11.7. The molecule has 4 N–H and O–H groups in total.